The minimum absolute atomic E-state index is 1.13. The maximum atomic E-state index is 2.30. The van der Waals surface area contributed by atoms with Crippen LogP contribution in [0.15, 0.2) is 48.5 Å². The number of benzene rings is 2. The molecule has 2 aromatic carbocycles. The van der Waals surface area contributed by atoms with Crippen molar-refractivity contribution in [2.45, 2.75) is 26.7 Å². The molecule has 2 rings (SSSR count). The Labute approximate surface area is 97.9 Å². The SMILES string of the molecule is Cc1ccc(CCc2ccccc2)cc1C. The first kappa shape index (κ1) is 10.9. The van der Waals surface area contributed by atoms with Crippen molar-refractivity contribution in [2.75, 3.05) is 0 Å². The van der Waals surface area contributed by atoms with E-state index >= 15 is 0 Å². The molecule has 0 atom stereocenters. The van der Waals surface area contributed by atoms with E-state index in [1.807, 2.05) is 0 Å². The van der Waals surface area contributed by atoms with Gasteiger partial charge in [0.25, 0.3) is 0 Å². The first-order valence-corrected chi connectivity index (χ1v) is 5.86. The Morgan fingerprint density at radius 2 is 1.38 bits per heavy atom. The van der Waals surface area contributed by atoms with E-state index in [9.17, 15) is 0 Å². The van der Waals surface area contributed by atoms with Crippen LogP contribution >= 0.6 is 0 Å². The highest BCUT2D eigenvalue weighted by Gasteiger charge is 1.97. The lowest BCUT2D eigenvalue weighted by atomic mass is 10.0. The van der Waals surface area contributed by atoms with Gasteiger partial charge < -0.3 is 0 Å². The smallest absolute Gasteiger partial charge is 0.0238 e. The molecule has 82 valence electrons. The summed E-state index contributed by atoms with van der Waals surface area (Å²) >= 11 is 0. The van der Waals surface area contributed by atoms with E-state index in [-0.39, 0.29) is 0 Å². The highest BCUT2D eigenvalue weighted by molar-refractivity contribution is 5.30. The van der Waals surface area contributed by atoms with E-state index in [4.69, 9.17) is 0 Å². The molecule has 0 saturated carbocycles. The van der Waals surface area contributed by atoms with Gasteiger partial charge in [0.1, 0.15) is 0 Å². The minimum atomic E-state index is 1.13. The molecule has 0 aliphatic rings. The lowest BCUT2D eigenvalue weighted by molar-refractivity contribution is 0.956. The average molecular weight is 210 g/mol. The van der Waals surface area contributed by atoms with Crippen LogP contribution in [0.4, 0.5) is 0 Å². The Morgan fingerprint density at radius 1 is 0.688 bits per heavy atom. The summed E-state index contributed by atoms with van der Waals surface area (Å²) in [5.74, 6) is 0. The molecule has 0 bridgehead atoms. The van der Waals surface area contributed by atoms with Crippen LogP contribution in [-0.4, -0.2) is 0 Å². The molecule has 2 aromatic rings. The summed E-state index contributed by atoms with van der Waals surface area (Å²) in [5.41, 5.74) is 5.63. The average Bonchev–Trinajstić information content (AvgIpc) is 2.32. The van der Waals surface area contributed by atoms with Crippen molar-refractivity contribution in [3.05, 3.63) is 70.8 Å². The quantitative estimate of drug-likeness (QED) is 0.715. The van der Waals surface area contributed by atoms with Gasteiger partial charge in [-0.15, -0.1) is 0 Å². The predicted molar refractivity (Wildman–Crippen MR) is 69.8 cm³/mol. The third-order valence-electron chi connectivity index (χ3n) is 3.12. The Hall–Kier alpha value is -1.56. The third kappa shape index (κ3) is 2.73. The molecule has 0 aliphatic heterocycles. The second-order valence-electron chi connectivity index (χ2n) is 4.40. The van der Waals surface area contributed by atoms with Crippen molar-refractivity contribution in [1.29, 1.82) is 0 Å². The second-order valence-corrected chi connectivity index (χ2v) is 4.40. The van der Waals surface area contributed by atoms with Crippen molar-refractivity contribution in [2.24, 2.45) is 0 Å². The van der Waals surface area contributed by atoms with Gasteiger partial charge in [0.2, 0.25) is 0 Å². The van der Waals surface area contributed by atoms with E-state index in [0.717, 1.165) is 12.8 Å². The van der Waals surface area contributed by atoms with E-state index in [1.54, 1.807) is 0 Å². The summed E-state index contributed by atoms with van der Waals surface area (Å²) in [7, 11) is 0. The zero-order valence-electron chi connectivity index (χ0n) is 10.0. The molecule has 0 heterocycles. The molecular formula is C16H18. The van der Waals surface area contributed by atoms with Crippen LogP contribution in [-0.2, 0) is 12.8 Å². The van der Waals surface area contributed by atoms with Crippen LogP contribution in [0.1, 0.15) is 22.3 Å². The number of rotatable bonds is 3. The molecule has 0 amide bonds. The first-order chi connectivity index (χ1) is 7.75. The fraction of sp³-hybridized carbons (Fsp3) is 0.250. The molecule has 0 aromatic heterocycles. The summed E-state index contributed by atoms with van der Waals surface area (Å²) in [6.45, 7) is 4.34. The molecule has 16 heavy (non-hydrogen) atoms. The summed E-state index contributed by atoms with van der Waals surface area (Å²) in [5, 5.41) is 0. The lowest BCUT2D eigenvalue weighted by Crippen LogP contribution is -1.92. The Kier molecular flexibility index (Phi) is 3.40. The number of hydrogen-bond donors (Lipinski definition) is 0. The van der Waals surface area contributed by atoms with Crippen molar-refractivity contribution in [3.8, 4) is 0 Å². The summed E-state index contributed by atoms with van der Waals surface area (Å²) in [6.07, 6.45) is 2.26. The van der Waals surface area contributed by atoms with Gasteiger partial charge in [-0.1, -0.05) is 48.5 Å². The van der Waals surface area contributed by atoms with Crippen molar-refractivity contribution in [3.63, 3.8) is 0 Å². The summed E-state index contributed by atoms with van der Waals surface area (Å²) in [4.78, 5) is 0. The van der Waals surface area contributed by atoms with E-state index < -0.39 is 0 Å². The molecule has 0 N–H and O–H groups in total. The normalized spacial score (nSPS) is 10.4. The molecule has 0 spiro atoms. The zero-order valence-corrected chi connectivity index (χ0v) is 10.0. The van der Waals surface area contributed by atoms with Gasteiger partial charge in [0.15, 0.2) is 0 Å². The standard InChI is InChI=1S/C16H18/c1-13-8-9-16(12-14(13)2)11-10-15-6-4-3-5-7-15/h3-9,12H,10-11H2,1-2H3. The topological polar surface area (TPSA) is 0 Å². The minimum Gasteiger partial charge on any atom is -0.0622 e. The highest BCUT2D eigenvalue weighted by Crippen LogP contribution is 2.12. The van der Waals surface area contributed by atoms with Crippen LogP contribution in [0.5, 0.6) is 0 Å². The fourth-order valence-corrected chi connectivity index (χ4v) is 1.89. The maximum Gasteiger partial charge on any atom is -0.0238 e. The van der Waals surface area contributed by atoms with E-state index in [1.165, 1.54) is 22.3 Å². The first-order valence-electron chi connectivity index (χ1n) is 5.86. The number of hydrogen-bond acceptors (Lipinski definition) is 0. The molecular weight excluding hydrogens is 192 g/mol. The van der Waals surface area contributed by atoms with Crippen molar-refractivity contribution >= 4 is 0 Å². The zero-order chi connectivity index (χ0) is 11.4. The maximum absolute atomic E-state index is 2.30. The second kappa shape index (κ2) is 4.98. The fourth-order valence-electron chi connectivity index (χ4n) is 1.89. The summed E-state index contributed by atoms with van der Waals surface area (Å²) in [6, 6.07) is 17.4. The molecule has 0 unspecified atom stereocenters. The molecule has 0 radical (unpaired) electrons. The van der Waals surface area contributed by atoms with Crippen LogP contribution in [0.3, 0.4) is 0 Å². The van der Waals surface area contributed by atoms with Crippen molar-refractivity contribution < 1.29 is 0 Å². The van der Waals surface area contributed by atoms with Crippen LogP contribution in [0, 0.1) is 13.8 Å². The van der Waals surface area contributed by atoms with Gasteiger partial charge in [-0.3, -0.25) is 0 Å². The summed E-state index contributed by atoms with van der Waals surface area (Å²) < 4.78 is 0. The highest BCUT2D eigenvalue weighted by atomic mass is 14.0. The number of aryl methyl sites for hydroxylation is 4. The van der Waals surface area contributed by atoms with Crippen LogP contribution in [0.2, 0.25) is 0 Å². The van der Waals surface area contributed by atoms with E-state index in [0.29, 0.717) is 0 Å². The van der Waals surface area contributed by atoms with Gasteiger partial charge in [0.05, 0.1) is 0 Å². The molecule has 0 aliphatic carbocycles. The van der Waals surface area contributed by atoms with Crippen molar-refractivity contribution in [1.82, 2.24) is 0 Å². The predicted octanol–water partition coefficient (Wildman–Crippen LogP) is 4.09. The Bertz CT molecular complexity index is 455. The monoisotopic (exact) mass is 210 g/mol. The van der Waals surface area contributed by atoms with Gasteiger partial charge in [-0.05, 0) is 48.9 Å². The Balaban J connectivity index is 2.03. The van der Waals surface area contributed by atoms with Gasteiger partial charge in [-0.25, -0.2) is 0 Å². The molecule has 0 nitrogen and oxygen atoms in total. The molecule has 0 fully saturated rings. The van der Waals surface area contributed by atoms with Crippen LogP contribution in [0.25, 0.3) is 0 Å². The van der Waals surface area contributed by atoms with Gasteiger partial charge >= 0.3 is 0 Å². The molecule has 0 saturated heterocycles. The lowest BCUT2D eigenvalue weighted by Gasteiger charge is -2.05. The Morgan fingerprint density at radius 3 is 2.06 bits per heavy atom. The van der Waals surface area contributed by atoms with Gasteiger partial charge in [-0.2, -0.15) is 0 Å². The van der Waals surface area contributed by atoms with Gasteiger partial charge in [0, 0.05) is 0 Å². The third-order valence-corrected chi connectivity index (χ3v) is 3.12. The largest absolute Gasteiger partial charge is 0.0622 e. The molecule has 0 heteroatoms. The van der Waals surface area contributed by atoms with Crippen LogP contribution < -0.4 is 0 Å². The van der Waals surface area contributed by atoms with E-state index in [2.05, 4.69) is 62.4 Å².